The molecular formula is C22H22F6N2O2. The van der Waals surface area contributed by atoms with Crippen LogP contribution in [-0.4, -0.2) is 38.1 Å². The maximum Gasteiger partial charge on any atom is 0.417 e. The van der Waals surface area contributed by atoms with Gasteiger partial charge in [-0.2, -0.15) is 26.3 Å². The predicted molar refractivity (Wildman–Crippen MR) is 105 cm³/mol. The molecular weight excluding hydrogens is 438 g/mol. The van der Waals surface area contributed by atoms with Crippen LogP contribution in [-0.2, 0) is 17.9 Å². The minimum atomic E-state index is -5.20. The number of carbonyl (C=O) groups is 1. The summed E-state index contributed by atoms with van der Waals surface area (Å²) in [6, 6.07) is 9.13. The molecule has 0 aromatic heterocycles. The van der Waals surface area contributed by atoms with E-state index >= 15 is 0 Å². The fourth-order valence-corrected chi connectivity index (χ4v) is 4.11. The zero-order valence-corrected chi connectivity index (χ0v) is 17.4. The molecule has 1 amide bonds. The van der Waals surface area contributed by atoms with E-state index in [-0.39, 0.29) is 6.07 Å². The summed E-state index contributed by atoms with van der Waals surface area (Å²) in [6.45, 7) is 1.06. The molecule has 0 spiro atoms. The van der Waals surface area contributed by atoms with Gasteiger partial charge in [-0.1, -0.05) is 30.3 Å². The second-order valence-electron chi connectivity index (χ2n) is 7.84. The first-order valence-electron chi connectivity index (χ1n) is 9.80. The van der Waals surface area contributed by atoms with Gasteiger partial charge in [-0.3, -0.25) is 4.79 Å². The SMILES string of the molecule is COc1cc(C(F)(F)F)cc(C(F)(F)F)c1C(=O)N[C@@]1(c2ccccc2)CCCN(C)C1. The Kier molecular flexibility index (Phi) is 6.46. The van der Waals surface area contributed by atoms with Crippen LogP contribution in [0.4, 0.5) is 26.3 Å². The second kappa shape index (κ2) is 8.65. The fourth-order valence-electron chi connectivity index (χ4n) is 4.11. The number of likely N-dealkylation sites (N-methyl/N-ethyl adjacent to an activating group) is 1. The summed E-state index contributed by atoms with van der Waals surface area (Å²) < 4.78 is 85.6. The molecule has 1 aliphatic rings. The van der Waals surface area contributed by atoms with Crippen molar-refractivity contribution in [2.24, 2.45) is 0 Å². The predicted octanol–water partition coefficient (Wildman–Crippen LogP) is 5.08. The molecule has 2 aromatic carbocycles. The van der Waals surface area contributed by atoms with Crippen molar-refractivity contribution in [1.82, 2.24) is 10.2 Å². The largest absolute Gasteiger partial charge is 0.496 e. The van der Waals surface area contributed by atoms with Crippen LogP contribution in [0.1, 0.15) is 39.9 Å². The lowest BCUT2D eigenvalue weighted by molar-refractivity contribution is -0.143. The Balaban J connectivity index is 2.13. The van der Waals surface area contributed by atoms with Crippen molar-refractivity contribution in [3.8, 4) is 5.75 Å². The van der Waals surface area contributed by atoms with E-state index in [0.717, 1.165) is 13.7 Å². The standard InChI is InChI=1S/C22H22F6N2O2/c1-30-10-6-9-20(13-30,14-7-4-3-5-8-14)29-19(31)18-16(22(26,27)28)11-15(21(23,24)25)12-17(18)32-2/h3-5,7-8,11-12H,6,9-10,13H2,1-2H3,(H,29,31)/t20-/m0/s1. The number of nitrogens with one attached hydrogen (secondary N) is 1. The molecule has 0 aliphatic carbocycles. The molecule has 174 valence electrons. The molecule has 2 aromatic rings. The van der Waals surface area contributed by atoms with Gasteiger partial charge in [0.1, 0.15) is 5.75 Å². The summed E-state index contributed by atoms with van der Waals surface area (Å²) in [6.07, 6.45) is -9.12. The molecule has 0 radical (unpaired) electrons. The molecule has 0 saturated carbocycles. The first-order chi connectivity index (χ1) is 14.9. The first-order valence-corrected chi connectivity index (χ1v) is 9.80. The van der Waals surface area contributed by atoms with Crippen LogP contribution in [0.2, 0.25) is 0 Å². The number of halogens is 6. The Morgan fingerprint density at radius 3 is 2.25 bits per heavy atom. The van der Waals surface area contributed by atoms with Gasteiger partial charge in [0.15, 0.2) is 0 Å². The summed E-state index contributed by atoms with van der Waals surface area (Å²) in [4.78, 5) is 15.2. The summed E-state index contributed by atoms with van der Waals surface area (Å²) in [7, 11) is 2.75. The molecule has 1 fully saturated rings. The molecule has 32 heavy (non-hydrogen) atoms. The Morgan fingerprint density at radius 1 is 1.06 bits per heavy atom. The van der Waals surface area contributed by atoms with Crippen molar-refractivity contribution in [3.63, 3.8) is 0 Å². The van der Waals surface area contributed by atoms with Gasteiger partial charge in [-0.25, -0.2) is 0 Å². The first kappa shape index (κ1) is 23.9. The van der Waals surface area contributed by atoms with Crippen molar-refractivity contribution < 1.29 is 35.9 Å². The molecule has 1 heterocycles. The van der Waals surface area contributed by atoms with Gasteiger partial charge in [-0.15, -0.1) is 0 Å². The lowest BCUT2D eigenvalue weighted by Gasteiger charge is -2.42. The number of ether oxygens (including phenoxy) is 1. The number of hydrogen-bond donors (Lipinski definition) is 1. The maximum absolute atomic E-state index is 13.7. The van der Waals surface area contributed by atoms with E-state index in [9.17, 15) is 31.1 Å². The van der Waals surface area contributed by atoms with E-state index < -0.39 is 46.2 Å². The normalized spacial score (nSPS) is 20.1. The van der Waals surface area contributed by atoms with Gasteiger partial charge in [0.2, 0.25) is 0 Å². The minimum Gasteiger partial charge on any atom is -0.496 e. The zero-order chi connectivity index (χ0) is 23.7. The average molecular weight is 460 g/mol. The van der Waals surface area contributed by atoms with Crippen LogP contribution in [0.5, 0.6) is 5.75 Å². The molecule has 10 heteroatoms. The molecule has 1 aliphatic heterocycles. The van der Waals surface area contributed by atoms with E-state index in [2.05, 4.69) is 5.32 Å². The molecule has 0 bridgehead atoms. The van der Waals surface area contributed by atoms with Gasteiger partial charge in [0.05, 0.1) is 29.3 Å². The summed E-state index contributed by atoms with van der Waals surface area (Å²) in [5.41, 5.74) is -4.54. The van der Waals surface area contributed by atoms with Crippen LogP contribution in [0, 0.1) is 0 Å². The van der Waals surface area contributed by atoms with E-state index in [4.69, 9.17) is 4.74 Å². The monoisotopic (exact) mass is 460 g/mol. The molecule has 1 atom stereocenters. The maximum atomic E-state index is 13.7. The highest BCUT2D eigenvalue weighted by Gasteiger charge is 2.44. The van der Waals surface area contributed by atoms with E-state index in [1.54, 1.807) is 30.3 Å². The van der Waals surface area contributed by atoms with E-state index in [1.165, 1.54) is 0 Å². The Morgan fingerprint density at radius 2 is 1.72 bits per heavy atom. The molecule has 4 nitrogen and oxygen atoms in total. The number of likely N-dealkylation sites (tertiary alicyclic amines) is 1. The van der Waals surface area contributed by atoms with Crippen LogP contribution in [0.25, 0.3) is 0 Å². The summed E-state index contributed by atoms with van der Waals surface area (Å²) >= 11 is 0. The van der Waals surface area contributed by atoms with Crippen LogP contribution < -0.4 is 10.1 Å². The lowest BCUT2D eigenvalue weighted by Crippen LogP contribution is -2.55. The summed E-state index contributed by atoms with van der Waals surface area (Å²) in [5, 5.41) is 2.70. The number of piperidine rings is 1. The Bertz CT molecular complexity index is 975. The number of methoxy groups -OCH3 is 1. The van der Waals surface area contributed by atoms with E-state index in [1.807, 2.05) is 11.9 Å². The molecule has 1 saturated heterocycles. The van der Waals surface area contributed by atoms with Crippen LogP contribution in [0.15, 0.2) is 42.5 Å². The third-order valence-corrected chi connectivity index (χ3v) is 5.54. The van der Waals surface area contributed by atoms with Gasteiger partial charge >= 0.3 is 12.4 Å². The third-order valence-electron chi connectivity index (χ3n) is 5.54. The number of nitrogens with zero attached hydrogens (tertiary/aromatic N) is 1. The van der Waals surface area contributed by atoms with Crippen LogP contribution >= 0.6 is 0 Å². The van der Waals surface area contributed by atoms with Crippen molar-refractivity contribution >= 4 is 5.91 Å². The quantitative estimate of drug-likeness (QED) is 0.647. The topological polar surface area (TPSA) is 41.6 Å². The molecule has 3 rings (SSSR count). The van der Waals surface area contributed by atoms with Gasteiger partial charge in [0.25, 0.3) is 5.91 Å². The smallest absolute Gasteiger partial charge is 0.417 e. The fraction of sp³-hybridized carbons (Fsp3) is 0.409. The number of carbonyl (C=O) groups excluding carboxylic acids is 1. The van der Waals surface area contributed by atoms with Gasteiger partial charge < -0.3 is 15.0 Å². The van der Waals surface area contributed by atoms with Gasteiger partial charge in [0, 0.05) is 6.54 Å². The third kappa shape index (κ3) is 4.85. The highest BCUT2D eigenvalue weighted by atomic mass is 19.4. The Hall–Kier alpha value is -2.75. The number of amides is 1. The van der Waals surface area contributed by atoms with E-state index in [0.29, 0.717) is 31.0 Å². The molecule has 0 unspecified atom stereocenters. The number of benzene rings is 2. The number of rotatable bonds is 4. The number of alkyl halides is 6. The highest BCUT2D eigenvalue weighted by Crippen LogP contribution is 2.42. The Labute approximate surface area is 181 Å². The van der Waals surface area contributed by atoms with Crippen molar-refractivity contribution in [2.75, 3.05) is 27.2 Å². The van der Waals surface area contributed by atoms with Crippen molar-refractivity contribution in [3.05, 3.63) is 64.7 Å². The van der Waals surface area contributed by atoms with Gasteiger partial charge in [-0.05, 0) is 44.1 Å². The summed E-state index contributed by atoms with van der Waals surface area (Å²) in [5.74, 6) is -1.95. The zero-order valence-electron chi connectivity index (χ0n) is 17.4. The van der Waals surface area contributed by atoms with Crippen molar-refractivity contribution in [2.45, 2.75) is 30.7 Å². The average Bonchev–Trinajstić information content (AvgIpc) is 2.72. The lowest BCUT2D eigenvalue weighted by atomic mass is 9.82. The minimum absolute atomic E-state index is 0.0559. The number of hydrogen-bond acceptors (Lipinski definition) is 3. The molecule has 1 N–H and O–H groups in total. The second-order valence-corrected chi connectivity index (χ2v) is 7.84. The van der Waals surface area contributed by atoms with Crippen LogP contribution in [0.3, 0.4) is 0 Å². The highest BCUT2D eigenvalue weighted by molar-refractivity contribution is 5.99. The van der Waals surface area contributed by atoms with Crippen molar-refractivity contribution in [1.29, 1.82) is 0 Å².